The Morgan fingerprint density at radius 2 is 0.812 bits per heavy atom. The Hall–Kier alpha value is -8.46. The van der Waals surface area contributed by atoms with Crippen LogP contribution >= 0.6 is 0 Å². The summed E-state index contributed by atoms with van der Waals surface area (Å²) >= 11 is 0. The van der Waals surface area contributed by atoms with E-state index in [1.165, 1.54) is 71.2 Å². The molecule has 0 aliphatic rings. The predicted octanol–water partition coefficient (Wildman–Crippen LogP) is 17.2. The fourth-order valence-electron chi connectivity index (χ4n) is 9.88. The van der Waals surface area contributed by atoms with Crippen LogP contribution in [0.5, 0.6) is 0 Å². The molecule has 11 aromatic carbocycles. The molecule has 0 aliphatic carbocycles. The second-order valence-corrected chi connectivity index (χ2v) is 16.4. The number of nitrogens with zero attached hydrogens (tertiary/aromatic N) is 2. The molecule has 0 saturated carbocycles. The van der Waals surface area contributed by atoms with Gasteiger partial charge < -0.3 is 9.47 Å². The van der Waals surface area contributed by atoms with Gasteiger partial charge in [0.2, 0.25) is 0 Å². The van der Waals surface area contributed by atoms with Crippen molar-refractivity contribution in [2.75, 3.05) is 4.90 Å². The minimum absolute atomic E-state index is 1.07. The van der Waals surface area contributed by atoms with E-state index >= 15 is 0 Å². The maximum absolute atomic E-state index is 2.50. The molecule has 64 heavy (non-hydrogen) atoms. The van der Waals surface area contributed by atoms with Gasteiger partial charge in [0.1, 0.15) is 0 Å². The number of para-hydroxylation sites is 1. The molecule has 0 spiro atoms. The van der Waals surface area contributed by atoms with Gasteiger partial charge in [0, 0.05) is 27.7 Å². The average molecular weight is 815 g/mol. The fraction of sp³-hybridized carbons (Fsp3) is 0. The molecule has 2 nitrogen and oxygen atoms in total. The summed E-state index contributed by atoms with van der Waals surface area (Å²) in [5.41, 5.74) is 16.3. The molecule has 12 rings (SSSR count). The van der Waals surface area contributed by atoms with Crippen LogP contribution in [0, 0.1) is 0 Å². The molecule has 0 bridgehead atoms. The van der Waals surface area contributed by atoms with Crippen molar-refractivity contribution >= 4 is 60.4 Å². The van der Waals surface area contributed by atoms with E-state index in [0.29, 0.717) is 0 Å². The van der Waals surface area contributed by atoms with Gasteiger partial charge in [-0.25, -0.2) is 0 Å². The maximum atomic E-state index is 2.50. The highest BCUT2D eigenvalue weighted by molar-refractivity contribution is 6.25. The fourth-order valence-corrected chi connectivity index (χ4v) is 9.88. The first-order valence-electron chi connectivity index (χ1n) is 22.0. The summed E-state index contributed by atoms with van der Waals surface area (Å²) in [6.07, 6.45) is 0. The van der Waals surface area contributed by atoms with Crippen LogP contribution in [0.25, 0.3) is 93.5 Å². The number of anilines is 3. The lowest BCUT2D eigenvalue weighted by Crippen LogP contribution is -2.12. The van der Waals surface area contributed by atoms with E-state index in [4.69, 9.17) is 0 Å². The van der Waals surface area contributed by atoms with Crippen LogP contribution in [0.3, 0.4) is 0 Å². The predicted molar refractivity (Wildman–Crippen MR) is 272 cm³/mol. The summed E-state index contributed by atoms with van der Waals surface area (Å²) in [6, 6.07) is 92.8. The van der Waals surface area contributed by atoms with E-state index in [2.05, 4.69) is 264 Å². The van der Waals surface area contributed by atoms with Crippen molar-refractivity contribution in [1.82, 2.24) is 4.57 Å². The summed E-state index contributed by atoms with van der Waals surface area (Å²) in [6.45, 7) is 0. The number of aromatic nitrogens is 1. The van der Waals surface area contributed by atoms with E-state index in [-0.39, 0.29) is 0 Å². The number of hydrogen-bond donors (Lipinski definition) is 0. The van der Waals surface area contributed by atoms with Gasteiger partial charge in [0.15, 0.2) is 0 Å². The first-order chi connectivity index (χ1) is 31.8. The summed E-state index contributed by atoms with van der Waals surface area (Å²) in [5.74, 6) is 0. The minimum Gasteiger partial charge on any atom is -0.309 e. The summed E-state index contributed by atoms with van der Waals surface area (Å²) in [5, 5.41) is 7.37. The Morgan fingerprint density at radius 3 is 1.50 bits per heavy atom. The van der Waals surface area contributed by atoms with Crippen LogP contribution in [0.4, 0.5) is 17.1 Å². The molecule has 300 valence electrons. The Kier molecular flexibility index (Phi) is 9.20. The minimum atomic E-state index is 1.07. The highest BCUT2D eigenvalue weighted by Gasteiger charge is 2.25. The highest BCUT2D eigenvalue weighted by Crippen LogP contribution is 2.49. The number of fused-ring (bicyclic) bond motifs is 6. The molecule has 0 N–H and O–H groups in total. The van der Waals surface area contributed by atoms with Crippen LogP contribution in [0.2, 0.25) is 0 Å². The van der Waals surface area contributed by atoms with Crippen molar-refractivity contribution in [3.05, 3.63) is 255 Å². The molecule has 0 aliphatic heterocycles. The van der Waals surface area contributed by atoms with E-state index in [0.717, 1.165) is 39.4 Å². The summed E-state index contributed by atoms with van der Waals surface area (Å²) in [4.78, 5) is 2.50. The lowest BCUT2D eigenvalue weighted by atomic mass is 9.91. The van der Waals surface area contributed by atoms with Crippen molar-refractivity contribution in [3.8, 4) is 50.2 Å². The molecule has 12 aromatic rings. The van der Waals surface area contributed by atoms with Gasteiger partial charge in [-0.05, 0) is 115 Å². The number of benzene rings is 11. The van der Waals surface area contributed by atoms with Gasteiger partial charge in [0.05, 0.1) is 22.4 Å². The normalized spacial score (nSPS) is 11.4. The van der Waals surface area contributed by atoms with E-state index in [1.54, 1.807) is 0 Å². The first-order valence-corrected chi connectivity index (χ1v) is 22.0. The third kappa shape index (κ3) is 6.35. The van der Waals surface area contributed by atoms with Crippen molar-refractivity contribution in [2.45, 2.75) is 0 Å². The summed E-state index contributed by atoms with van der Waals surface area (Å²) in [7, 11) is 0. The van der Waals surface area contributed by atoms with Gasteiger partial charge >= 0.3 is 0 Å². The topological polar surface area (TPSA) is 8.17 Å². The van der Waals surface area contributed by atoms with Crippen molar-refractivity contribution in [2.24, 2.45) is 0 Å². The van der Waals surface area contributed by atoms with E-state index in [1.807, 2.05) is 0 Å². The van der Waals surface area contributed by atoms with Gasteiger partial charge in [-0.3, -0.25) is 0 Å². The molecule has 0 fully saturated rings. The van der Waals surface area contributed by atoms with Gasteiger partial charge in [-0.2, -0.15) is 0 Å². The van der Waals surface area contributed by atoms with E-state index < -0.39 is 0 Å². The third-order valence-corrected chi connectivity index (χ3v) is 12.8. The summed E-state index contributed by atoms with van der Waals surface area (Å²) < 4.78 is 2.43. The number of rotatable bonds is 8. The van der Waals surface area contributed by atoms with Crippen molar-refractivity contribution in [1.29, 1.82) is 0 Å². The molecule has 2 heteroatoms. The smallest absolute Gasteiger partial charge is 0.0562 e. The lowest BCUT2D eigenvalue weighted by molar-refractivity contribution is 1.18. The zero-order valence-electron chi connectivity index (χ0n) is 35.1. The van der Waals surface area contributed by atoms with Crippen LogP contribution in [-0.2, 0) is 0 Å². The van der Waals surface area contributed by atoms with E-state index in [9.17, 15) is 0 Å². The molecule has 0 radical (unpaired) electrons. The quantitative estimate of drug-likeness (QED) is 0.148. The van der Waals surface area contributed by atoms with Gasteiger partial charge in [-0.1, -0.05) is 200 Å². The highest BCUT2D eigenvalue weighted by atomic mass is 15.2. The third-order valence-electron chi connectivity index (χ3n) is 12.8. The molecule has 1 aromatic heterocycles. The molecule has 0 unspecified atom stereocenters. The van der Waals surface area contributed by atoms with Crippen LogP contribution in [0.15, 0.2) is 255 Å². The zero-order valence-corrected chi connectivity index (χ0v) is 35.1. The van der Waals surface area contributed by atoms with Crippen LogP contribution in [0.1, 0.15) is 0 Å². The van der Waals surface area contributed by atoms with Gasteiger partial charge in [-0.15, -0.1) is 0 Å². The largest absolute Gasteiger partial charge is 0.309 e. The second kappa shape index (κ2) is 15.8. The molecule has 0 atom stereocenters. The Labute approximate surface area is 373 Å². The number of hydrogen-bond acceptors (Lipinski definition) is 1. The van der Waals surface area contributed by atoms with Crippen molar-refractivity contribution in [3.63, 3.8) is 0 Å². The molecular weight excluding hydrogens is 773 g/mol. The van der Waals surface area contributed by atoms with Crippen LogP contribution in [-0.4, -0.2) is 4.57 Å². The Balaban J connectivity index is 1.14. The standard InChI is InChI=1S/C62H42N2/c1-5-18-43(19-6-1)49-37-40-56(55(42-49)45-22-9-3-10-23-45)63(51-38-34-47(35-39-51)53-31-16-26-48-25-15-30-52(60(48)53)44-20-7-2-8-21-44)57-32-17-33-58-62(57)61-54-29-14-13-24-46(54)36-41-59(61)64(58)50-27-11-4-12-28-50/h1-42H. The molecule has 0 saturated heterocycles. The molecule has 1 heterocycles. The van der Waals surface area contributed by atoms with Gasteiger partial charge in [0.25, 0.3) is 0 Å². The van der Waals surface area contributed by atoms with Crippen molar-refractivity contribution < 1.29 is 0 Å². The molecule has 0 amide bonds. The SMILES string of the molecule is c1ccc(-c2ccc(N(c3ccc(-c4cccc5cccc(-c6ccccc6)c45)cc3)c3cccc4c3c3c5ccccc5ccc3n4-c3ccccc3)c(-c3ccccc3)c2)cc1. The van der Waals surface area contributed by atoms with Crippen LogP contribution < -0.4 is 4.90 Å². The average Bonchev–Trinajstić information content (AvgIpc) is 3.73. The monoisotopic (exact) mass is 814 g/mol. The lowest BCUT2D eigenvalue weighted by Gasteiger charge is -2.29. The zero-order chi connectivity index (χ0) is 42.4. The first kappa shape index (κ1) is 37.3. The Bertz CT molecular complexity index is 3620. The molecular formula is C62H42N2. The maximum Gasteiger partial charge on any atom is 0.0562 e. The second-order valence-electron chi connectivity index (χ2n) is 16.4. The Morgan fingerprint density at radius 1 is 0.281 bits per heavy atom.